The molecule has 1 aromatic heterocycles. The van der Waals surface area contributed by atoms with Crippen LogP contribution in [0.25, 0.3) is 32.8 Å². The molecule has 0 saturated heterocycles. The standard InChI is InChI=1S/C27H23NO4S/c1-18-12-14-20(15-13-18)33(29,30)28-17-23(22-10-6-7-11-24(22)28)26-21-9-5-4-8-19(21)16-25(31-2)27(26)32-3/h4-17H,1-3H3. The zero-order valence-corrected chi connectivity index (χ0v) is 19.4. The predicted molar refractivity (Wildman–Crippen MR) is 132 cm³/mol. The second kappa shape index (κ2) is 7.98. The first-order valence-electron chi connectivity index (χ1n) is 10.5. The Hall–Kier alpha value is -3.77. The number of benzene rings is 4. The van der Waals surface area contributed by atoms with Crippen LogP contribution in [0.5, 0.6) is 11.5 Å². The van der Waals surface area contributed by atoms with E-state index in [1.54, 1.807) is 44.7 Å². The number of hydrogen-bond acceptors (Lipinski definition) is 4. The van der Waals surface area contributed by atoms with Crippen LogP contribution in [0.3, 0.4) is 0 Å². The molecule has 5 aromatic rings. The van der Waals surface area contributed by atoms with Gasteiger partial charge in [0.05, 0.1) is 24.6 Å². The van der Waals surface area contributed by atoms with Crippen LogP contribution >= 0.6 is 0 Å². The quantitative estimate of drug-likeness (QED) is 0.324. The van der Waals surface area contributed by atoms with Crippen LogP contribution in [0.1, 0.15) is 5.56 Å². The summed E-state index contributed by atoms with van der Waals surface area (Å²) in [7, 11) is -0.619. The molecule has 5 rings (SSSR count). The summed E-state index contributed by atoms with van der Waals surface area (Å²) in [5, 5.41) is 2.74. The first kappa shape index (κ1) is 21.1. The van der Waals surface area contributed by atoms with Crippen molar-refractivity contribution in [1.29, 1.82) is 0 Å². The van der Waals surface area contributed by atoms with Crippen LogP contribution in [0.15, 0.2) is 90.0 Å². The topological polar surface area (TPSA) is 57.5 Å². The molecule has 0 saturated carbocycles. The normalized spacial score (nSPS) is 11.7. The van der Waals surface area contributed by atoms with Crippen LogP contribution in [0, 0.1) is 6.92 Å². The van der Waals surface area contributed by atoms with Crippen LogP contribution in [0.2, 0.25) is 0 Å². The smallest absolute Gasteiger partial charge is 0.268 e. The Bertz CT molecular complexity index is 1600. The molecule has 166 valence electrons. The van der Waals surface area contributed by atoms with Crippen LogP contribution < -0.4 is 9.47 Å². The molecule has 0 spiro atoms. The van der Waals surface area contributed by atoms with Gasteiger partial charge in [-0.25, -0.2) is 12.4 Å². The number of nitrogens with zero attached hydrogens (tertiary/aromatic N) is 1. The molecule has 0 aliphatic rings. The first-order chi connectivity index (χ1) is 16.0. The van der Waals surface area contributed by atoms with E-state index in [1.807, 2.05) is 61.5 Å². The molecule has 0 N–H and O–H groups in total. The Morgan fingerprint density at radius 2 is 1.45 bits per heavy atom. The molecule has 0 aliphatic carbocycles. The molecular formula is C27H23NO4S. The summed E-state index contributed by atoms with van der Waals surface area (Å²) in [4.78, 5) is 0.239. The third kappa shape index (κ3) is 3.34. The third-order valence-corrected chi connectivity index (χ3v) is 7.60. The molecule has 0 bridgehead atoms. The lowest BCUT2D eigenvalue weighted by Crippen LogP contribution is -2.11. The molecular weight excluding hydrogens is 434 g/mol. The molecule has 0 unspecified atom stereocenters. The fourth-order valence-electron chi connectivity index (χ4n) is 4.30. The van der Waals surface area contributed by atoms with E-state index in [9.17, 15) is 8.42 Å². The number of hydrogen-bond donors (Lipinski definition) is 0. The Morgan fingerprint density at radius 3 is 2.15 bits per heavy atom. The maximum atomic E-state index is 13.7. The van der Waals surface area contributed by atoms with Gasteiger partial charge in [-0.15, -0.1) is 0 Å². The lowest BCUT2D eigenvalue weighted by Gasteiger charge is -2.15. The maximum Gasteiger partial charge on any atom is 0.268 e. The van der Waals surface area contributed by atoms with Crippen molar-refractivity contribution in [1.82, 2.24) is 3.97 Å². The van der Waals surface area contributed by atoms with E-state index >= 15 is 0 Å². The average Bonchev–Trinajstić information content (AvgIpc) is 3.23. The highest BCUT2D eigenvalue weighted by molar-refractivity contribution is 7.90. The van der Waals surface area contributed by atoms with E-state index in [0.717, 1.165) is 32.8 Å². The number of methoxy groups -OCH3 is 2. The summed E-state index contributed by atoms with van der Waals surface area (Å²) in [6, 6.07) is 24.2. The zero-order chi connectivity index (χ0) is 23.2. The molecule has 4 aromatic carbocycles. The summed E-state index contributed by atoms with van der Waals surface area (Å²) >= 11 is 0. The summed E-state index contributed by atoms with van der Waals surface area (Å²) in [5.74, 6) is 1.15. The van der Waals surface area contributed by atoms with Crippen molar-refractivity contribution < 1.29 is 17.9 Å². The van der Waals surface area contributed by atoms with Gasteiger partial charge in [0.25, 0.3) is 10.0 Å². The molecule has 0 amide bonds. The maximum absolute atomic E-state index is 13.7. The van der Waals surface area contributed by atoms with Crippen molar-refractivity contribution in [3.63, 3.8) is 0 Å². The van der Waals surface area contributed by atoms with E-state index in [1.165, 1.54) is 3.97 Å². The molecule has 33 heavy (non-hydrogen) atoms. The van der Waals surface area contributed by atoms with E-state index in [-0.39, 0.29) is 4.90 Å². The largest absolute Gasteiger partial charge is 0.493 e. The van der Waals surface area contributed by atoms with Crippen LogP contribution in [0.4, 0.5) is 0 Å². The van der Waals surface area contributed by atoms with Crippen molar-refractivity contribution in [3.05, 3.63) is 90.6 Å². The first-order valence-corrected chi connectivity index (χ1v) is 12.0. The molecule has 0 fully saturated rings. The lowest BCUT2D eigenvalue weighted by atomic mass is 9.96. The van der Waals surface area contributed by atoms with Crippen molar-refractivity contribution in [3.8, 4) is 22.6 Å². The molecule has 5 nitrogen and oxygen atoms in total. The van der Waals surface area contributed by atoms with Crippen LogP contribution in [-0.4, -0.2) is 26.6 Å². The highest BCUT2D eigenvalue weighted by atomic mass is 32.2. The Morgan fingerprint density at radius 1 is 0.788 bits per heavy atom. The average molecular weight is 458 g/mol. The van der Waals surface area contributed by atoms with Crippen LogP contribution in [-0.2, 0) is 10.0 Å². The third-order valence-electron chi connectivity index (χ3n) is 5.92. The number of aromatic nitrogens is 1. The summed E-state index contributed by atoms with van der Waals surface area (Å²) in [5.41, 5.74) is 3.15. The molecule has 0 radical (unpaired) electrons. The lowest BCUT2D eigenvalue weighted by molar-refractivity contribution is 0.357. The minimum absolute atomic E-state index is 0.239. The summed E-state index contributed by atoms with van der Waals surface area (Å²) in [6.07, 6.45) is 1.68. The number of ether oxygens (including phenoxy) is 2. The SMILES string of the molecule is COc1cc2ccccc2c(-c2cn(S(=O)(=O)c3ccc(C)cc3)c3ccccc23)c1OC. The van der Waals surface area contributed by atoms with E-state index in [4.69, 9.17) is 9.47 Å². The molecule has 0 atom stereocenters. The van der Waals surface area contributed by atoms with Gasteiger partial charge in [-0.05, 0) is 42.0 Å². The van der Waals surface area contributed by atoms with E-state index in [2.05, 4.69) is 0 Å². The van der Waals surface area contributed by atoms with E-state index in [0.29, 0.717) is 17.0 Å². The minimum atomic E-state index is -3.81. The van der Waals surface area contributed by atoms with Gasteiger partial charge in [0.1, 0.15) is 0 Å². The molecule has 1 heterocycles. The zero-order valence-electron chi connectivity index (χ0n) is 18.6. The van der Waals surface area contributed by atoms with Gasteiger partial charge in [-0.1, -0.05) is 60.2 Å². The fraction of sp³-hybridized carbons (Fsp3) is 0.111. The summed E-state index contributed by atoms with van der Waals surface area (Å²) in [6.45, 7) is 1.93. The van der Waals surface area contributed by atoms with Gasteiger partial charge < -0.3 is 9.47 Å². The monoisotopic (exact) mass is 457 g/mol. The summed E-state index contributed by atoms with van der Waals surface area (Å²) < 4.78 is 40.1. The van der Waals surface area contributed by atoms with Gasteiger partial charge in [-0.3, -0.25) is 0 Å². The highest BCUT2D eigenvalue weighted by Crippen LogP contribution is 2.46. The van der Waals surface area contributed by atoms with Crippen molar-refractivity contribution in [2.75, 3.05) is 14.2 Å². The van der Waals surface area contributed by atoms with Gasteiger partial charge in [0, 0.05) is 22.7 Å². The van der Waals surface area contributed by atoms with Crippen molar-refractivity contribution in [2.45, 2.75) is 11.8 Å². The number of fused-ring (bicyclic) bond motifs is 2. The Kier molecular flexibility index (Phi) is 5.10. The van der Waals surface area contributed by atoms with E-state index < -0.39 is 10.0 Å². The Balaban J connectivity index is 1.88. The Labute approximate surface area is 192 Å². The van der Waals surface area contributed by atoms with Gasteiger partial charge in [0.2, 0.25) is 0 Å². The number of para-hydroxylation sites is 1. The fourth-order valence-corrected chi connectivity index (χ4v) is 5.67. The predicted octanol–water partition coefficient (Wildman–Crippen LogP) is 6.02. The minimum Gasteiger partial charge on any atom is -0.493 e. The number of rotatable bonds is 5. The van der Waals surface area contributed by atoms with Gasteiger partial charge in [-0.2, -0.15) is 0 Å². The second-order valence-electron chi connectivity index (χ2n) is 7.88. The second-order valence-corrected chi connectivity index (χ2v) is 9.70. The van der Waals surface area contributed by atoms with Crippen molar-refractivity contribution >= 4 is 31.7 Å². The van der Waals surface area contributed by atoms with Crippen molar-refractivity contribution in [2.24, 2.45) is 0 Å². The molecule has 6 heteroatoms. The highest BCUT2D eigenvalue weighted by Gasteiger charge is 2.25. The van der Waals surface area contributed by atoms with Gasteiger partial charge in [0.15, 0.2) is 11.5 Å². The molecule has 0 aliphatic heterocycles. The number of aryl methyl sites for hydroxylation is 1. The van der Waals surface area contributed by atoms with Gasteiger partial charge >= 0.3 is 0 Å².